The summed E-state index contributed by atoms with van der Waals surface area (Å²) in [5.41, 5.74) is 7.38. The van der Waals surface area contributed by atoms with Gasteiger partial charge in [-0.05, 0) is 74.5 Å². The van der Waals surface area contributed by atoms with Crippen molar-refractivity contribution in [3.05, 3.63) is 34.2 Å². The zero-order chi connectivity index (χ0) is 22.9. The topological polar surface area (TPSA) is 110 Å². The molecular weight excluding hydrogens is 420 g/mol. The molecule has 5 fully saturated rings. The number of carbonyl (C=O) groups excluding carboxylic acids is 2. The van der Waals surface area contributed by atoms with Crippen LogP contribution in [-0.4, -0.2) is 45.6 Å². The molecule has 0 radical (unpaired) electrons. The maximum absolute atomic E-state index is 13.1. The highest BCUT2D eigenvalue weighted by Gasteiger charge is 2.59. The molecule has 2 amide bonds. The third-order valence-electron chi connectivity index (χ3n) is 8.62. The maximum Gasteiger partial charge on any atom is 0.410 e. The number of benzene rings is 1. The zero-order valence-electron chi connectivity index (χ0n) is 18.5. The van der Waals surface area contributed by atoms with Crippen molar-refractivity contribution in [3.63, 3.8) is 0 Å². The van der Waals surface area contributed by atoms with Crippen molar-refractivity contribution in [3.8, 4) is 12.3 Å². The third-order valence-corrected chi connectivity index (χ3v) is 8.62. The molecule has 2 unspecified atom stereocenters. The molecule has 5 aliphatic rings. The van der Waals surface area contributed by atoms with E-state index < -0.39 is 5.41 Å². The number of primary amides is 1. The van der Waals surface area contributed by atoms with E-state index in [0.29, 0.717) is 36.5 Å². The molecule has 2 heterocycles. The molecule has 8 heteroatoms. The Hall–Kier alpha value is -3.21. The number of fused-ring (bicyclic) bond motifs is 1. The number of hydrogen-bond donors (Lipinski definition) is 2. The molecule has 1 aromatic carbocycles. The number of hydrogen-bond acceptors (Lipinski definition) is 4. The Morgan fingerprint density at radius 1 is 1.21 bits per heavy atom. The van der Waals surface area contributed by atoms with E-state index in [2.05, 4.69) is 10.9 Å². The molecule has 1 aromatic heterocycles. The van der Waals surface area contributed by atoms with E-state index in [1.165, 1.54) is 0 Å². The number of imidazole rings is 1. The first-order valence-electron chi connectivity index (χ1n) is 11.8. The average molecular weight is 449 g/mol. The highest BCUT2D eigenvalue weighted by atomic mass is 16.6. The second kappa shape index (κ2) is 7.14. The van der Waals surface area contributed by atoms with Crippen LogP contribution in [0.5, 0.6) is 0 Å². The van der Waals surface area contributed by atoms with Crippen molar-refractivity contribution < 1.29 is 14.3 Å². The van der Waals surface area contributed by atoms with Gasteiger partial charge in [0.1, 0.15) is 6.10 Å². The first kappa shape index (κ1) is 20.4. The van der Waals surface area contributed by atoms with Gasteiger partial charge in [0.25, 0.3) is 0 Å². The largest absolute Gasteiger partial charge is 0.446 e. The molecule has 172 valence electrons. The summed E-state index contributed by atoms with van der Waals surface area (Å²) in [6, 6.07) is 5.34. The lowest BCUT2D eigenvalue weighted by Gasteiger charge is -2.58. The van der Waals surface area contributed by atoms with Crippen LogP contribution >= 0.6 is 0 Å². The molecule has 7 rings (SSSR count). The Morgan fingerprint density at radius 2 is 1.97 bits per heavy atom. The van der Waals surface area contributed by atoms with Crippen LogP contribution in [0.25, 0.3) is 11.0 Å². The predicted octanol–water partition coefficient (Wildman–Crippen LogP) is 2.37. The van der Waals surface area contributed by atoms with Crippen molar-refractivity contribution in [2.75, 3.05) is 13.1 Å². The van der Waals surface area contributed by atoms with Gasteiger partial charge in [-0.2, -0.15) is 0 Å². The standard InChI is InChI=1S/C25H28N4O4/c1-2-14-3-4-20-19(9-14)27-23(31)29(20)18-5-6-28(13-18)24(32)33-21-16-7-15-8-17(21)12-25(10-15,11-16)22(26)30/h1,3-4,9,15-18,21H,5-8,10-13H2,(H2,26,30)(H,27,31)/t15?,16?,17?,18-,21-,25-/m0/s1. The number of H-pyrrole nitrogens is 1. The lowest BCUT2D eigenvalue weighted by Crippen LogP contribution is -2.59. The fourth-order valence-corrected chi connectivity index (χ4v) is 7.36. The summed E-state index contributed by atoms with van der Waals surface area (Å²) in [6.07, 6.45) is 10.1. The minimum Gasteiger partial charge on any atom is -0.446 e. The summed E-state index contributed by atoms with van der Waals surface area (Å²) in [6.45, 7) is 0.972. The summed E-state index contributed by atoms with van der Waals surface area (Å²) in [5.74, 6) is 3.34. The van der Waals surface area contributed by atoms with E-state index in [1.807, 2.05) is 12.1 Å². The summed E-state index contributed by atoms with van der Waals surface area (Å²) in [5, 5.41) is 0. The van der Waals surface area contributed by atoms with Gasteiger partial charge < -0.3 is 20.4 Å². The van der Waals surface area contributed by atoms with E-state index in [0.717, 1.165) is 37.6 Å². The fraction of sp³-hybridized carbons (Fsp3) is 0.560. The van der Waals surface area contributed by atoms with Crippen molar-refractivity contribution in [2.24, 2.45) is 28.9 Å². The van der Waals surface area contributed by atoms with Gasteiger partial charge in [-0.1, -0.05) is 5.92 Å². The number of likely N-dealkylation sites (tertiary alicyclic amines) is 1. The molecular formula is C25H28N4O4. The lowest BCUT2D eigenvalue weighted by molar-refractivity contribution is -0.161. The molecule has 4 bridgehead atoms. The SMILES string of the molecule is C#Cc1ccc2c(c1)[nH]c(=O)n2[C@H]1CCN(C(=O)O[C@H]2C3CC4CC2C[C@](C(N)=O)(C4)C3)C1. The fourth-order valence-electron chi connectivity index (χ4n) is 7.36. The van der Waals surface area contributed by atoms with Crippen LogP contribution in [0.4, 0.5) is 4.79 Å². The highest BCUT2D eigenvalue weighted by Crippen LogP contribution is 2.60. The predicted molar refractivity (Wildman–Crippen MR) is 121 cm³/mol. The quantitative estimate of drug-likeness (QED) is 0.703. The number of amides is 2. The Kier molecular flexibility index (Phi) is 4.42. The van der Waals surface area contributed by atoms with E-state index in [4.69, 9.17) is 16.9 Å². The monoisotopic (exact) mass is 448 g/mol. The van der Waals surface area contributed by atoms with Gasteiger partial charge in [-0.25, -0.2) is 9.59 Å². The van der Waals surface area contributed by atoms with Gasteiger partial charge in [-0.15, -0.1) is 6.42 Å². The van der Waals surface area contributed by atoms with Crippen LogP contribution in [0.3, 0.4) is 0 Å². The number of terminal acetylenes is 1. The van der Waals surface area contributed by atoms with E-state index >= 15 is 0 Å². The van der Waals surface area contributed by atoms with Crippen molar-refractivity contribution in [1.29, 1.82) is 0 Å². The number of rotatable bonds is 3. The smallest absolute Gasteiger partial charge is 0.410 e. The van der Waals surface area contributed by atoms with Crippen LogP contribution in [0, 0.1) is 35.5 Å². The Labute approximate surface area is 191 Å². The Bertz CT molecular complexity index is 1240. The Morgan fingerprint density at radius 3 is 2.67 bits per heavy atom. The number of carbonyl (C=O) groups is 2. The third kappa shape index (κ3) is 3.09. The first-order valence-corrected chi connectivity index (χ1v) is 11.8. The molecule has 33 heavy (non-hydrogen) atoms. The van der Waals surface area contributed by atoms with Crippen LogP contribution < -0.4 is 11.4 Å². The van der Waals surface area contributed by atoms with E-state index in [9.17, 15) is 14.4 Å². The molecule has 3 atom stereocenters. The minimum atomic E-state index is -0.395. The minimum absolute atomic E-state index is 0.118. The number of aromatic nitrogens is 2. The van der Waals surface area contributed by atoms with Gasteiger partial charge in [0.05, 0.1) is 22.5 Å². The Balaban J connectivity index is 1.16. The van der Waals surface area contributed by atoms with E-state index in [1.54, 1.807) is 15.5 Å². The highest BCUT2D eigenvalue weighted by molar-refractivity contribution is 5.81. The number of nitrogens with zero attached hydrogens (tertiary/aromatic N) is 2. The van der Waals surface area contributed by atoms with Crippen LogP contribution in [0.15, 0.2) is 23.0 Å². The van der Waals surface area contributed by atoms with Crippen LogP contribution in [0.2, 0.25) is 0 Å². The molecule has 3 N–H and O–H groups in total. The second-order valence-corrected chi connectivity index (χ2v) is 10.5. The summed E-state index contributed by atoms with van der Waals surface area (Å²) < 4.78 is 7.79. The molecule has 1 saturated heterocycles. The van der Waals surface area contributed by atoms with Gasteiger partial charge in [0, 0.05) is 18.7 Å². The molecule has 8 nitrogen and oxygen atoms in total. The second-order valence-electron chi connectivity index (χ2n) is 10.5. The van der Waals surface area contributed by atoms with Crippen molar-refractivity contribution in [1.82, 2.24) is 14.5 Å². The number of nitrogens with two attached hydrogens (primary N) is 1. The molecule has 0 spiro atoms. The van der Waals surface area contributed by atoms with E-state index in [-0.39, 0.29) is 41.7 Å². The van der Waals surface area contributed by atoms with Crippen LogP contribution in [-0.2, 0) is 9.53 Å². The number of nitrogens with one attached hydrogen (secondary N) is 1. The summed E-state index contributed by atoms with van der Waals surface area (Å²) in [7, 11) is 0. The number of aromatic amines is 1. The average Bonchev–Trinajstić information content (AvgIpc) is 3.38. The normalized spacial score (nSPS) is 34.5. The van der Waals surface area contributed by atoms with Gasteiger partial charge in [-0.3, -0.25) is 9.36 Å². The van der Waals surface area contributed by atoms with Crippen molar-refractivity contribution in [2.45, 2.75) is 50.7 Å². The van der Waals surface area contributed by atoms with Gasteiger partial charge in [0.15, 0.2) is 0 Å². The number of ether oxygens (including phenoxy) is 1. The first-order chi connectivity index (χ1) is 15.9. The van der Waals surface area contributed by atoms with Gasteiger partial charge in [0.2, 0.25) is 5.91 Å². The molecule has 4 saturated carbocycles. The molecule has 2 aromatic rings. The van der Waals surface area contributed by atoms with Crippen LogP contribution in [0.1, 0.15) is 50.1 Å². The summed E-state index contributed by atoms with van der Waals surface area (Å²) >= 11 is 0. The van der Waals surface area contributed by atoms with Crippen molar-refractivity contribution >= 4 is 23.0 Å². The zero-order valence-corrected chi connectivity index (χ0v) is 18.5. The van der Waals surface area contributed by atoms with Gasteiger partial charge >= 0.3 is 11.8 Å². The molecule has 4 aliphatic carbocycles. The maximum atomic E-state index is 13.1. The summed E-state index contributed by atoms with van der Waals surface area (Å²) in [4.78, 5) is 42.5. The lowest BCUT2D eigenvalue weighted by atomic mass is 9.48. The molecule has 1 aliphatic heterocycles.